The molecule has 1 heterocycles. The fraction of sp³-hybridized carbons (Fsp3) is 0.286. The van der Waals surface area contributed by atoms with Crippen molar-refractivity contribution in [2.24, 2.45) is 0 Å². The van der Waals surface area contributed by atoms with Crippen LogP contribution in [0, 0.1) is 13.8 Å². The molecule has 1 aromatic carbocycles. The predicted octanol–water partition coefficient (Wildman–Crippen LogP) is 2.71. The predicted molar refractivity (Wildman–Crippen MR) is 69.5 cm³/mol. The van der Waals surface area contributed by atoms with Crippen LogP contribution >= 0.6 is 0 Å². The average Bonchev–Trinajstić information content (AvgIpc) is 2.78. The molecule has 0 fully saturated rings. The van der Waals surface area contributed by atoms with Gasteiger partial charge in [0, 0.05) is 12.0 Å². The molecular formula is C14H16N2O2. The van der Waals surface area contributed by atoms with Crippen LogP contribution in [0.5, 0.6) is 0 Å². The zero-order valence-corrected chi connectivity index (χ0v) is 10.5. The molecule has 0 spiro atoms. The van der Waals surface area contributed by atoms with Crippen molar-refractivity contribution in [1.29, 1.82) is 0 Å². The normalized spacial score (nSPS) is 10.6. The van der Waals surface area contributed by atoms with Crippen LogP contribution in [-0.2, 0) is 11.2 Å². The highest BCUT2D eigenvalue weighted by molar-refractivity contribution is 5.69. The van der Waals surface area contributed by atoms with Crippen LogP contribution in [-0.4, -0.2) is 21.3 Å². The van der Waals surface area contributed by atoms with Crippen LogP contribution in [0.1, 0.15) is 23.1 Å². The molecule has 2 aromatic rings. The number of benzene rings is 1. The maximum Gasteiger partial charge on any atom is 0.303 e. The number of carboxylic acids is 1. The van der Waals surface area contributed by atoms with Crippen LogP contribution in [0.4, 0.5) is 0 Å². The van der Waals surface area contributed by atoms with Crippen LogP contribution in [0.3, 0.4) is 0 Å². The van der Waals surface area contributed by atoms with Crippen LogP contribution in [0.15, 0.2) is 24.4 Å². The van der Waals surface area contributed by atoms with Crippen LogP contribution in [0.2, 0.25) is 0 Å². The van der Waals surface area contributed by atoms with E-state index in [1.165, 1.54) is 11.1 Å². The first-order valence-corrected chi connectivity index (χ1v) is 5.89. The zero-order valence-electron chi connectivity index (χ0n) is 10.5. The Morgan fingerprint density at radius 2 is 2.11 bits per heavy atom. The van der Waals surface area contributed by atoms with Crippen molar-refractivity contribution in [3.63, 3.8) is 0 Å². The fourth-order valence-corrected chi connectivity index (χ4v) is 1.89. The Morgan fingerprint density at radius 1 is 1.33 bits per heavy atom. The molecule has 1 aromatic heterocycles. The monoisotopic (exact) mass is 244 g/mol. The molecular weight excluding hydrogens is 228 g/mol. The number of aliphatic carboxylic acids is 1. The molecule has 0 bridgehead atoms. The number of H-pyrrole nitrogens is 1. The van der Waals surface area contributed by atoms with Crippen molar-refractivity contribution in [2.45, 2.75) is 26.7 Å². The topological polar surface area (TPSA) is 66.0 Å². The number of nitrogens with one attached hydrogen (secondary N) is 1. The highest BCUT2D eigenvalue weighted by Gasteiger charge is 2.09. The van der Waals surface area contributed by atoms with E-state index in [0.717, 1.165) is 16.8 Å². The van der Waals surface area contributed by atoms with Gasteiger partial charge in [0.15, 0.2) is 0 Å². The van der Waals surface area contributed by atoms with Crippen LogP contribution < -0.4 is 0 Å². The second kappa shape index (κ2) is 5.04. The highest BCUT2D eigenvalue weighted by atomic mass is 16.4. The first-order chi connectivity index (χ1) is 8.58. The zero-order chi connectivity index (χ0) is 13.1. The summed E-state index contributed by atoms with van der Waals surface area (Å²) in [5.74, 6) is -0.790. The Hall–Kier alpha value is -2.10. The Kier molecular flexibility index (Phi) is 3.46. The molecule has 2 N–H and O–H groups in total. The molecule has 4 heteroatoms. The summed E-state index contributed by atoms with van der Waals surface area (Å²) in [5.41, 5.74) is 5.37. The van der Waals surface area contributed by atoms with E-state index in [1.54, 1.807) is 6.20 Å². The third kappa shape index (κ3) is 2.59. The lowest BCUT2D eigenvalue weighted by molar-refractivity contribution is -0.136. The van der Waals surface area contributed by atoms with E-state index in [1.807, 2.05) is 6.07 Å². The van der Waals surface area contributed by atoms with Gasteiger partial charge in [-0.25, -0.2) is 0 Å². The van der Waals surface area contributed by atoms with Crippen molar-refractivity contribution in [3.05, 3.63) is 41.1 Å². The van der Waals surface area contributed by atoms with Crippen molar-refractivity contribution in [1.82, 2.24) is 10.2 Å². The van der Waals surface area contributed by atoms with E-state index < -0.39 is 5.97 Å². The van der Waals surface area contributed by atoms with E-state index in [0.29, 0.717) is 6.42 Å². The number of carbonyl (C=O) groups is 1. The summed E-state index contributed by atoms with van der Waals surface area (Å²) >= 11 is 0. The number of aromatic amines is 1. The SMILES string of the molecule is Cc1ccc(-c2[nH]ncc2CCC(=O)O)cc1C. The number of hydrogen-bond donors (Lipinski definition) is 2. The molecule has 0 aliphatic heterocycles. The van der Waals surface area contributed by atoms with Gasteiger partial charge < -0.3 is 5.11 Å². The van der Waals surface area contributed by atoms with Crippen molar-refractivity contribution in [2.75, 3.05) is 0 Å². The van der Waals surface area contributed by atoms with Gasteiger partial charge >= 0.3 is 5.97 Å². The fourth-order valence-electron chi connectivity index (χ4n) is 1.89. The summed E-state index contributed by atoms with van der Waals surface area (Å²) in [6, 6.07) is 6.18. The van der Waals surface area contributed by atoms with Gasteiger partial charge in [0.1, 0.15) is 0 Å². The second-order valence-electron chi connectivity index (χ2n) is 4.46. The molecule has 4 nitrogen and oxygen atoms in total. The first kappa shape index (κ1) is 12.4. The van der Waals surface area contributed by atoms with Gasteiger partial charge in [0.05, 0.1) is 11.9 Å². The first-order valence-electron chi connectivity index (χ1n) is 5.89. The Labute approximate surface area is 106 Å². The molecule has 18 heavy (non-hydrogen) atoms. The molecule has 0 atom stereocenters. The lowest BCUT2D eigenvalue weighted by Crippen LogP contribution is -1.98. The minimum absolute atomic E-state index is 0.122. The van der Waals surface area contributed by atoms with E-state index in [2.05, 4.69) is 36.2 Å². The van der Waals surface area contributed by atoms with Gasteiger partial charge in [0.25, 0.3) is 0 Å². The van der Waals surface area contributed by atoms with E-state index in [9.17, 15) is 4.79 Å². The number of aromatic nitrogens is 2. The Bertz CT molecular complexity index is 573. The molecule has 0 aliphatic carbocycles. The molecule has 94 valence electrons. The summed E-state index contributed by atoms with van der Waals surface area (Å²) in [6.07, 6.45) is 2.32. The minimum Gasteiger partial charge on any atom is -0.481 e. The third-order valence-corrected chi connectivity index (χ3v) is 3.12. The van der Waals surface area contributed by atoms with Crippen LogP contribution in [0.25, 0.3) is 11.3 Å². The van der Waals surface area contributed by atoms with E-state index >= 15 is 0 Å². The molecule has 0 aliphatic rings. The number of nitrogens with zero attached hydrogens (tertiary/aromatic N) is 1. The largest absolute Gasteiger partial charge is 0.481 e. The number of aryl methyl sites for hydroxylation is 3. The minimum atomic E-state index is -0.790. The summed E-state index contributed by atoms with van der Waals surface area (Å²) in [6.45, 7) is 4.13. The van der Waals surface area contributed by atoms with Gasteiger partial charge in [-0.1, -0.05) is 12.1 Å². The summed E-state index contributed by atoms with van der Waals surface area (Å²) in [5, 5.41) is 15.7. The smallest absolute Gasteiger partial charge is 0.303 e. The van der Waals surface area contributed by atoms with Crippen molar-refractivity contribution in [3.8, 4) is 11.3 Å². The van der Waals surface area contributed by atoms with Crippen molar-refractivity contribution < 1.29 is 9.90 Å². The van der Waals surface area contributed by atoms with Gasteiger partial charge in [-0.15, -0.1) is 0 Å². The molecule has 0 unspecified atom stereocenters. The highest BCUT2D eigenvalue weighted by Crippen LogP contribution is 2.24. The maximum absolute atomic E-state index is 10.6. The Morgan fingerprint density at radius 3 is 2.78 bits per heavy atom. The summed E-state index contributed by atoms with van der Waals surface area (Å²) in [4.78, 5) is 10.6. The molecule has 0 saturated heterocycles. The number of carboxylic acid groups (broad SMARTS) is 1. The molecule has 2 rings (SSSR count). The lowest BCUT2D eigenvalue weighted by atomic mass is 10.0. The Balaban J connectivity index is 2.30. The third-order valence-electron chi connectivity index (χ3n) is 3.12. The standard InChI is InChI=1S/C14H16N2O2/c1-9-3-4-11(7-10(9)2)14-12(8-15-16-14)5-6-13(17)18/h3-4,7-8H,5-6H2,1-2H3,(H,15,16)(H,17,18). The van der Waals surface area contributed by atoms with E-state index in [4.69, 9.17) is 5.11 Å². The summed E-state index contributed by atoms with van der Waals surface area (Å²) in [7, 11) is 0. The van der Waals surface area contributed by atoms with Gasteiger partial charge in [-0.2, -0.15) is 5.10 Å². The molecule has 0 saturated carbocycles. The number of rotatable bonds is 4. The number of hydrogen-bond acceptors (Lipinski definition) is 2. The van der Waals surface area contributed by atoms with E-state index in [-0.39, 0.29) is 6.42 Å². The second-order valence-corrected chi connectivity index (χ2v) is 4.46. The quantitative estimate of drug-likeness (QED) is 0.869. The van der Waals surface area contributed by atoms with Crippen molar-refractivity contribution >= 4 is 5.97 Å². The average molecular weight is 244 g/mol. The summed E-state index contributed by atoms with van der Waals surface area (Å²) < 4.78 is 0. The molecule has 0 radical (unpaired) electrons. The van der Waals surface area contributed by atoms with Gasteiger partial charge in [-0.05, 0) is 43.0 Å². The lowest BCUT2D eigenvalue weighted by Gasteiger charge is -2.05. The maximum atomic E-state index is 10.6. The van der Waals surface area contributed by atoms with Gasteiger partial charge in [0.2, 0.25) is 0 Å². The van der Waals surface area contributed by atoms with Gasteiger partial charge in [-0.3, -0.25) is 9.89 Å². The molecule has 0 amide bonds.